The number of benzene rings is 3. The van der Waals surface area contributed by atoms with E-state index in [0.29, 0.717) is 17.2 Å². The van der Waals surface area contributed by atoms with Crippen molar-refractivity contribution in [1.82, 2.24) is 19.4 Å². The van der Waals surface area contributed by atoms with E-state index in [-0.39, 0.29) is 0 Å². The molecule has 5 aromatic rings. The highest BCUT2D eigenvalue weighted by molar-refractivity contribution is 7.92. The van der Waals surface area contributed by atoms with Crippen LogP contribution in [0.25, 0.3) is 22.2 Å². The summed E-state index contributed by atoms with van der Waals surface area (Å²) in [5.74, 6) is -0.208. The van der Waals surface area contributed by atoms with E-state index in [1.807, 2.05) is 6.07 Å². The van der Waals surface area contributed by atoms with Crippen LogP contribution in [0, 0.1) is 5.82 Å². The Labute approximate surface area is 227 Å². The third-order valence-electron chi connectivity index (χ3n) is 6.27. The lowest BCUT2D eigenvalue weighted by Crippen LogP contribution is -2.14. The highest BCUT2D eigenvalue weighted by atomic mass is 32.2. The molecule has 2 aromatic heterocycles. The van der Waals surface area contributed by atoms with Crippen molar-refractivity contribution in [1.29, 1.82) is 0 Å². The van der Waals surface area contributed by atoms with Gasteiger partial charge in [-0.3, -0.25) is 4.72 Å². The van der Waals surface area contributed by atoms with Crippen molar-refractivity contribution in [3.8, 4) is 11.3 Å². The standard InChI is InChI=1S/C29H29FN6O2S/c1-35(2)15-5-16-36-17-14-22-18-21(8-13-27(22)36)26-19-29(32-20-31-26)33-23-9-11-24(12-10-23)34-39(37,38)28-7-4-3-6-25(28)30/h3-4,6-14,17-20,34H,5,15-16H2,1-2H3,(H,31,32,33). The van der Waals surface area contributed by atoms with Gasteiger partial charge >= 0.3 is 0 Å². The van der Waals surface area contributed by atoms with E-state index in [0.717, 1.165) is 42.2 Å². The molecule has 3 aromatic carbocycles. The number of rotatable bonds is 10. The predicted octanol–water partition coefficient (Wildman–Crippen LogP) is 5.73. The molecular weight excluding hydrogens is 515 g/mol. The van der Waals surface area contributed by atoms with Gasteiger partial charge in [0.25, 0.3) is 10.0 Å². The zero-order chi connectivity index (χ0) is 27.4. The van der Waals surface area contributed by atoms with Gasteiger partial charge in [-0.15, -0.1) is 0 Å². The summed E-state index contributed by atoms with van der Waals surface area (Å²) in [6.45, 7) is 2.01. The Kier molecular flexibility index (Phi) is 7.58. The number of aromatic nitrogens is 3. The van der Waals surface area contributed by atoms with Crippen molar-refractivity contribution in [3.05, 3.63) is 97.2 Å². The maximum atomic E-state index is 14.0. The number of aryl methyl sites for hydroxylation is 1. The van der Waals surface area contributed by atoms with Gasteiger partial charge in [-0.05, 0) is 81.7 Å². The summed E-state index contributed by atoms with van der Waals surface area (Å²) < 4.78 is 43.7. The highest BCUT2D eigenvalue weighted by Gasteiger charge is 2.18. The molecule has 0 saturated heterocycles. The number of hydrogen-bond acceptors (Lipinski definition) is 6. The molecule has 0 aliphatic carbocycles. The second kappa shape index (κ2) is 11.2. The molecule has 0 aliphatic heterocycles. The Morgan fingerprint density at radius 1 is 0.923 bits per heavy atom. The van der Waals surface area contributed by atoms with Gasteiger partial charge in [0.2, 0.25) is 0 Å². The van der Waals surface area contributed by atoms with E-state index in [4.69, 9.17) is 0 Å². The molecule has 0 radical (unpaired) electrons. The summed E-state index contributed by atoms with van der Waals surface area (Å²) in [5, 5.41) is 4.37. The summed E-state index contributed by atoms with van der Waals surface area (Å²) >= 11 is 0. The first-order chi connectivity index (χ1) is 18.8. The maximum absolute atomic E-state index is 14.0. The highest BCUT2D eigenvalue weighted by Crippen LogP contribution is 2.27. The van der Waals surface area contributed by atoms with Crippen molar-refractivity contribution < 1.29 is 12.8 Å². The SMILES string of the molecule is CN(C)CCCn1ccc2cc(-c3cc(Nc4ccc(NS(=O)(=O)c5ccccc5F)cc4)ncn3)ccc21. The van der Waals surface area contributed by atoms with Crippen molar-refractivity contribution in [3.63, 3.8) is 0 Å². The van der Waals surface area contributed by atoms with Crippen LogP contribution in [0.2, 0.25) is 0 Å². The van der Waals surface area contributed by atoms with E-state index in [9.17, 15) is 12.8 Å². The molecule has 2 N–H and O–H groups in total. The van der Waals surface area contributed by atoms with Gasteiger partial charge in [-0.25, -0.2) is 22.8 Å². The second-order valence-corrected chi connectivity index (χ2v) is 11.1. The Bertz CT molecular complexity index is 1700. The molecule has 0 amide bonds. The number of hydrogen-bond donors (Lipinski definition) is 2. The van der Waals surface area contributed by atoms with E-state index in [1.54, 1.807) is 24.3 Å². The topological polar surface area (TPSA) is 92.2 Å². The van der Waals surface area contributed by atoms with Crippen molar-refractivity contribution >= 4 is 38.1 Å². The van der Waals surface area contributed by atoms with Crippen LogP contribution in [0.5, 0.6) is 0 Å². The van der Waals surface area contributed by atoms with Gasteiger partial charge in [-0.1, -0.05) is 18.2 Å². The molecule has 200 valence electrons. The first kappa shape index (κ1) is 26.3. The van der Waals surface area contributed by atoms with Crippen LogP contribution in [0.4, 0.5) is 21.6 Å². The molecule has 0 bridgehead atoms. The normalized spacial score (nSPS) is 11.7. The van der Waals surface area contributed by atoms with Crippen molar-refractivity contribution in [2.24, 2.45) is 0 Å². The van der Waals surface area contributed by atoms with Crippen LogP contribution in [-0.4, -0.2) is 48.5 Å². The van der Waals surface area contributed by atoms with Crippen LogP contribution in [0.15, 0.2) is 96.3 Å². The Balaban J connectivity index is 1.28. The molecule has 5 rings (SSSR count). The molecule has 10 heteroatoms. The molecule has 0 saturated carbocycles. The quantitative estimate of drug-likeness (QED) is 0.233. The summed E-state index contributed by atoms with van der Waals surface area (Å²) in [4.78, 5) is 10.6. The minimum Gasteiger partial charge on any atom is -0.347 e. The van der Waals surface area contributed by atoms with Gasteiger partial charge in [0, 0.05) is 46.6 Å². The van der Waals surface area contributed by atoms with Crippen LogP contribution in [0.3, 0.4) is 0 Å². The maximum Gasteiger partial charge on any atom is 0.264 e. The fourth-order valence-electron chi connectivity index (χ4n) is 4.34. The summed E-state index contributed by atoms with van der Waals surface area (Å²) in [6, 6.07) is 22.2. The van der Waals surface area contributed by atoms with E-state index in [1.165, 1.54) is 30.0 Å². The molecule has 39 heavy (non-hydrogen) atoms. The Morgan fingerprint density at radius 2 is 1.69 bits per heavy atom. The number of sulfonamides is 1. The number of fused-ring (bicyclic) bond motifs is 1. The first-order valence-electron chi connectivity index (χ1n) is 12.5. The molecule has 0 aliphatic rings. The predicted molar refractivity (Wildman–Crippen MR) is 153 cm³/mol. The minimum atomic E-state index is -4.04. The van der Waals surface area contributed by atoms with E-state index >= 15 is 0 Å². The number of halogens is 1. The van der Waals surface area contributed by atoms with Crippen molar-refractivity contribution in [2.75, 3.05) is 30.7 Å². The molecule has 0 atom stereocenters. The second-order valence-electron chi connectivity index (χ2n) is 9.47. The van der Waals surface area contributed by atoms with Crippen LogP contribution in [-0.2, 0) is 16.6 Å². The summed E-state index contributed by atoms with van der Waals surface area (Å²) in [5.41, 5.74) is 3.98. The lowest BCUT2D eigenvalue weighted by molar-refractivity contribution is 0.388. The first-order valence-corrected chi connectivity index (χ1v) is 14.0. The van der Waals surface area contributed by atoms with Gasteiger partial charge in [0.1, 0.15) is 22.9 Å². The number of nitrogens with one attached hydrogen (secondary N) is 2. The number of nitrogens with zero attached hydrogens (tertiary/aromatic N) is 4. The molecule has 0 fully saturated rings. The largest absolute Gasteiger partial charge is 0.347 e. The van der Waals surface area contributed by atoms with Gasteiger partial charge in [0.15, 0.2) is 0 Å². The Morgan fingerprint density at radius 3 is 2.46 bits per heavy atom. The monoisotopic (exact) mass is 544 g/mol. The number of anilines is 3. The van der Waals surface area contributed by atoms with Crippen LogP contribution >= 0.6 is 0 Å². The lowest BCUT2D eigenvalue weighted by atomic mass is 10.1. The lowest BCUT2D eigenvalue weighted by Gasteiger charge is -2.11. The third kappa shape index (κ3) is 6.24. The average Bonchev–Trinajstić information content (AvgIpc) is 3.32. The zero-order valence-corrected chi connectivity index (χ0v) is 22.5. The molecule has 0 unspecified atom stereocenters. The molecule has 0 spiro atoms. The van der Waals surface area contributed by atoms with Crippen LogP contribution in [0.1, 0.15) is 6.42 Å². The molecular formula is C29H29FN6O2S. The van der Waals surface area contributed by atoms with Crippen molar-refractivity contribution in [2.45, 2.75) is 17.9 Å². The molecule has 8 nitrogen and oxygen atoms in total. The van der Waals surface area contributed by atoms with Gasteiger partial charge in [-0.2, -0.15) is 0 Å². The smallest absolute Gasteiger partial charge is 0.264 e. The zero-order valence-electron chi connectivity index (χ0n) is 21.7. The summed E-state index contributed by atoms with van der Waals surface area (Å²) in [7, 11) is 0.123. The summed E-state index contributed by atoms with van der Waals surface area (Å²) in [6.07, 6.45) is 4.71. The van der Waals surface area contributed by atoms with Crippen LogP contribution < -0.4 is 10.0 Å². The fraction of sp³-hybridized carbons (Fsp3) is 0.172. The van der Waals surface area contributed by atoms with E-state index < -0.39 is 20.7 Å². The van der Waals surface area contributed by atoms with E-state index in [2.05, 4.69) is 74.0 Å². The van der Waals surface area contributed by atoms with Gasteiger partial charge in [0.05, 0.1) is 5.69 Å². The fourth-order valence-corrected chi connectivity index (χ4v) is 5.48. The van der Waals surface area contributed by atoms with Gasteiger partial charge < -0.3 is 14.8 Å². The average molecular weight is 545 g/mol. The minimum absolute atomic E-state index is 0.314. The Hall–Kier alpha value is -4.28. The third-order valence-corrected chi connectivity index (χ3v) is 7.69. The molecule has 2 heterocycles.